The predicted octanol–water partition coefficient (Wildman–Crippen LogP) is 3.08. The Kier molecular flexibility index (Phi) is 4.74. The highest BCUT2D eigenvalue weighted by Crippen LogP contribution is 2.44. The summed E-state index contributed by atoms with van der Waals surface area (Å²) in [7, 11) is 1.68. The minimum Gasteiger partial charge on any atom is -0.491 e. The zero-order valence-electron chi connectivity index (χ0n) is 13.3. The molecule has 1 aromatic rings. The molecule has 1 aliphatic rings. The normalized spacial score (nSPS) is 16.0. The number of aliphatic carboxylic acids is 1. The van der Waals surface area contributed by atoms with E-state index in [1.165, 1.54) is 4.90 Å². The maximum absolute atomic E-state index is 12.4. The van der Waals surface area contributed by atoms with Gasteiger partial charge in [-0.15, -0.1) is 0 Å². The van der Waals surface area contributed by atoms with Crippen LogP contribution in [-0.2, 0) is 9.59 Å². The van der Waals surface area contributed by atoms with Gasteiger partial charge in [0.15, 0.2) is 0 Å². The summed E-state index contributed by atoms with van der Waals surface area (Å²) in [6.07, 6.45) is 2.21. The van der Waals surface area contributed by atoms with Crippen molar-refractivity contribution < 1.29 is 19.4 Å². The van der Waals surface area contributed by atoms with Gasteiger partial charge >= 0.3 is 5.97 Å². The molecule has 0 saturated heterocycles. The molecule has 0 radical (unpaired) electrons. The van der Waals surface area contributed by atoms with Crippen LogP contribution < -0.4 is 9.64 Å². The van der Waals surface area contributed by atoms with Crippen LogP contribution in [0, 0.1) is 5.41 Å². The van der Waals surface area contributed by atoms with E-state index in [4.69, 9.17) is 4.74 Å². The Morgan fingerprint density at radius 3 is 2.27 bits per heavy atom. The van der Waals surface area contributed by atoms with E-state index in [9.17, 15) is 14.7 Å². The summed E-state index contributed by atoms with van der Waals surface area (Å²) < 4.78 is 5.57. The summed E-state index contributed by atoms with van der Waals surface area (Å²) in [6, 6.07) is 7.25. The van der Waals surface area contributed by atoms with Crippen LogP contribution in [-0.4, -0.2) is 30.1 Å². The third-order valence-electron chi connectivity index (χ3n) is 4.22. The van der Waals surface area contributed by atoms with Crippen LogP contribution in [0.15, 0.2) is 24.3 Å². The number of nitrogens with zero attached hydrogens (tertiary/aromatic N) is 1. The van der Waals surface area contributed by atoms with E-state index < -0.39 is 11.4 Å². The third kappa shape index (κ3) is 3.40. The fourth-order valence-corrected chi connectivity index (χ4v) is 2.64. The van der Waals surface area contributed by atoms with E-state index in [0.29, 0.717) is 12.8 Å². The van der Waals surface area contributed by atoms with Crippen molar-refractivity contribution in [3.8, 4) is 5.75 Å². The number of carbonyl (C=O) groups excluding carboxylic acids is 1. The second-order valence-corrected chi connectivity index (χ2v) is 6.23. The molecule has 0 aliphatic heterocycles. The van der Waals surface area contributed by atoms with Crippen LogP contribution in [0.2, 0.25) is 0 Å². The highest BCUT2D eigenvalue weighted by Gasteiger charge is 2.46. The van der Waals surface area contributed by atoms with Crippen LogP contribution >= 0.6 is 0 Å². The van der Waals surface area contributed by atoms with E-state index in [-0.39, 0.29) is 18.4 Å². The van der Waals surface area contributed by atoms with Gasteiger partial charge in [-0.1, -0.05) is 6.42 Å². The van der Waals surface area contributed by atoms with Gasteiger partial charge in [0.2, 0.25) is 5.91 Å². The lowest BCUT2D eigenvalue weighted by atomic mass is 9.66. The van der Waals surface area contributed by atoms with Crippen molar-refractivity contribution >= 4 is 17.6 Å². The number of hydrogen-bond acceptors (Lipinski definition) is 3. The first kappa shape index (κ1) is 16.3. The largest absolute Gasteiger partial charge is 0.491 e. The fraction of sp³-hybridized carbons (Fsp3) is 0.529. The molecule has 0 spiro atoms. The van der Waals surface area contributed by atoms with Gasteiger partial charge in [0, 0.05) is 19.2 Å². The highest BCUT2D eigenvalue weighted by atomic mass is 16.5. The Balaban J connectivity index is 2.02. The molecule has 1 aromatic carbocycles. The van der Waals surface area contributed by atoms with E-state index in [1.54, 1.807) is 7.05 Å². The van der Waals surface area contributed by atoms with Crippen molar-refractivity contribution in [2.75, 3.05) is 11.9 Å². The highest BCUT2D eigenvalue weighted by molar-refractivity contribution is 5.96. The lowest BCUT2D eigenvalue weighted by molar-refractivity contribution is -0.157. The van der Waals surface area contributed by atoms with E-state index in [0.717, 1.165) is 17.9 Å². The Morgan fingerprint density at radius 2 is 1.86 bits per heavy atom. The Hall–Kier alpha value is -2.04. The molecular formula is C17H23NO4. The lowest BCUT2D eigenvalue weighted by Gasteiger charge is -2.38. The standard InChI is InChI=1S/C17H23NO4/c1-12(2)22-14-7-5-13(6-8-14)18(3)15(19)11-17(16(20)21)9-4-10-17/h5-8,12H,4,9-11H2,1-3H3,(H,20,21). The summed E-state index contributed by atoms with van der Waals surface area (Å²) in [5, 5.41) is 9.32. The summed E-state index contributed by atoms with van der Waals surface area (Å²) >= 11 is 0. The molecule has 2 rings (SSSR count). The second-order valence-electron chi connectivity index (χ2n) is 6.23. The average molecular weight is 305 g/mol. The fourth-order valence-electron chi connectivity index (χ4n) is 2.64. The SMILES string of the molecule is CC(C)Oc1ccc(N(C)C(=O)CC2(C(=O)O)CCC2)cc1. The number of ether oxygens (including phenoxy) is 1. The summed E-state index contributed by atoms with van der Waals surface area (Å²) in [6.45, 7) is 3.90. The van der Waals surface area contributed by atoms with Crippen LogP contribution in [0.5, 0.6) is 5.75 Å². The van der Waals surface area contributed by atoms with Crippen LogP contribution in [0.25, 0.3) is 0 Å². The van der Waals surface area contributed by atoms with Crippen molar-refractivity contribution in [2.24, 2.45) is 5.41 Å². The number of carbonyl (C=O) groups is 2. The van der Waals surface area contributed by atoms with Gasteiger partial charge < -0.3 is 14.7 Å². The minimum atomic E-state index is -0.860. The number of rotatable bonds is 6. The third-order valence-corrected chi connectivity index (χ3v) is 4.22. The van der Waals surface area contributed by atoms with Gasteiger partial charge in [-0.05, 0) is 51.0 Å². The first-order chi connectivity index (χ1) is 10.3. The van der Waals surface area contributed by atoms with Crippen molar-refractivity contribution in [1.29, 1.82) is 0 Å². The molecule has 22 heavy (non-hydrogen) atoms. The van der Waals surface area contributed by atoms with Crippen LogP contribution in [0.1, 0.15) is 39.5 Å². The number of carboxylic acid groups (broad SMARTS) is 1. The molecule has 0 unspecified atom stereocenters. The molecule has 5 heteroatoms. The molecule has 0 aromatic heterocycles. The summed E-state index contributed by atoms with van der Waals surface area (Å²) in [5.74, 6) is -0.276. The topological polar surface area (TPSA) is 66.8 Å². The second kappa shape index (κ2) is 6.38. The monoisotopic (exact) mass is 305 g/mol. The molecule has 0 atom stereocenters. The van der Waals surface area contributed by atoms with Crippen molar-refractivity contribution in [1.82, 2.24) is 0 Å². The first-order valence-electron chi connectivity index (χ1n) is 7.61. The molecule has 0 heterocycles. The van der Waals surface area contributed by atoms with E-state index >= 15 is 0 Å². The molecule has 1 N–H and O–H groups in total. The first-order valence-corrected chi connectivity index (χ1v) is 7.61. The van der Waals surface area contributed by atoms with Gasteiger partial charge in [0.1, 0.15) is 5.75 Å². The average Bonchev–Trinajstić information content (AvgIpc) is 2.41. The molecule has 0 bridgehead atoms. The van der Waals surface area contributed by atoms with Gasteiger partial charge in [-0.3, -0.25) is 9.59 Å². The summed E-state index contributed by atoms with van der Waals surface area (Å²) in [4.78, 5) is 25.2. The minimum absolute atomic E-state index is 0.0586. The van der Waals surface area contributed by atoms with Crippen LogP contribution in [0.4, 0.5) is 5.69 Å². The zero-order chi connectivity index (χ0) is 16.3. The maximum Gasteiger partial charge on any atom is 0.310 e. The Bertz CT molecular complexity index is 546. The van der Waals surface area contributed by atoms with Gasteiger partial charge in [-0.2, -0.15) is 0 Å². The van der Waals surface area contributed by atoms with Gasteiger partial charge in [0.05, 0.1) is 11.5 Å². The number of carboxylic acids is 1. The van der Waals surface area contributed by atoms with Crippen molar-refractivity contribution in [3.05, 3.63) is 24.3 Å². The molecule has 1 aliphatic carbocycles. The lowest BCUT2D eigenvalue weighted by Crippen LogP contribution is -2.43. The molecule has 1 amide bonds. The molecule has 1 saturated carbocycles. The predicted molar refractivity (Wildman–Crippen MR) is 84.2 cm³/mol. The summed E-state index contributed by atoms with van der Waals surface area (Å²) in [5.41, 5.74) is -0.118. The smallest absolute Gasteiger partial charge is 0.310 e. The van der Waals surface area contributed by atoms with Crippen molar-refractivity contribution in [2.45, 2.75) is 45.6 Å². The van der Waals surface area contributed by atoms with Gasteiger partial charge in [0.25, 0.3) is 0 Å². The van der Waals surface area contributed by atoms with Crippen molar-refractivity contribution in [3.63, 3.8) is 0 Å². The number of anilines is 1. The number of benzene rings is 1. The molecular weight excluding hydrogens is 282 g/mol. The number of amides is 1. The Labute approximate surface area is 130 Å². The molecule has 120 valence electrons. The zero-order valence-corrected chi connectivity index (χ0v) is 13.3. The van der Waals surface area contributed by atoms with Gasteiger partial charge in [-0.25, -0.2) is 0 Å². The number of hydrogen-bond donors (Lipinski definition) is 1. The maximum atomic E-state index is 12.4. The molecule has 1 fully saturated rings. The van der Waals surface area contributed by atoms with E-state index in [1.807, 2.05) is 38.1 Å². The quantitative estimate of drug-likeness (QED) is 0.877. The Morgan fingerprint density at radius 1 is 1.27 bits per heavy atom. The van der Waals surface area contributed by atoms with Crippen LogP contribution in [0.3, 0.4) is 0 Å². The molecule has 5 nitrogen and oxygen atoms in total. The van der Waals surface area contributed by atoms with E-state index in [2.05, 4.69) is 0 Å².